The standard InChI is InChI=1S/C32H32N2O5/c1-20(12-14-24-30(36)29-25(19-39-32(29)37)21(2)31(24)38-3)13-15-28(35)33-26-10-7-11-27-23(26)16-17-34(27)18-22-8-5-4-6-9-22/h4-12,16-17,36H,13-15,18-19H2,1-3H3,(H,33,35). The fourth-order valence-corrected chi connectivity index (χ4v) is 5.18. The Morgan fingerprint density at radius 3 is 2.69 bits per heavy atom. The summed E-state index contributed by atoms with van der Waals surface area (Å²) in [4.78, 5) is 25.0. The highest BCUT2D eigenvalue weighted by Gasteiger charge is 2.31. The first-order valence-corrected chi connectivity index (χ1v) is 13.0. The number of nitrogens with one attached hydrogen (secondary N) is 1. The number of esters is 1. The van der Waals surface area contributed by atoms with Crippen molar-refractivity contribution in [2.45, 2.75) is 46.3 Å². The Morgan fingerprint density at radius 1 is 1.13 bits per heavy atom. The molecule has 0 saturated carbocycles. The fourth-order valence-electron chi connectivity index (χ4n) is 5.18. The number of carbonyl (C=O) groups is 2. The largest absolute Gasteiger partial charge is 0.507 e. The highest BCUT2D eigenvalue weighted by Crippen LogP contribution is 2.42. The third-order valence-electron chi connectivity index (χ3n) is 7.33. The molecule has 2 N–H and O–H groups in total. The lowest BCUT2D eigenvalue weighted by atomic mass is 9.94. The molecule has 0 fully saturated rings. The summed E-state index contributed by atoms with van der Waals surface area (Å²) in [5, 5.41) is 14.9. The van der Waals surface area contributed by atoms with Gasteiger partial charge in [0.15, 0.2) is 0 Å². The van der Waals surface area contributed by atoms with Gasteiger partial charge in [-0.3, -0.25) is 4.79 Å². The van der Waals surface area contributed by atoms with E-state index in [2.05, 4.69) is 28.1 Å². The number of phenolic OH excluding ortho intramolecular Hbond substituents is 1. The number of rotatable bonds is 9. The zero-order valence-corrected chi connectivity index (χ0v) is 22.4. The van der Waals surface area contributed by atoms with Crippen molar-refractivity contribution in [1.29, 1.82) is 0 Å². The Bertz CT molecular complexity index is 1580. The summed E-state index contributed by atoms with van der Waals surface area (Å²) in [7, 11) is 1.55. The second kappa shape index (κ2) is 11.1. The van der Waals surface area contributed by atoms with E-state index in [0.29, 0.717) is 36.1 Å². The van der Waals surface area contributed by atoms with E-state index in [1.165, 1.54) is 5.56 Å². The van der Waals surface area contributed by atoms with Gasteiger partial charge in [0.2, 0.25) is 5.91 Å². The Balaban J connectivity index is 1.24. The lowest BCUT2D eigenvalue weighted by molar-refractivity contribution is -0.116. The average molecular weight is 525 g/mol. The number of benzene rings is 3. The topological polar surface area (TPSA) is 89.8 Å². The maximum absolute atomic E-state index is 12.8. The molecule has 0 spiro atoms. The molecule has 0 saturated heterocycles. The number of methoxy groups -OCH3 is 1. The molecular formula is C32H32N2O5. The minimum absolute atomic E-state index is 0.0670. The molecule has 0 radical (unpaired) electrons. The number of fused-ring (bicyclic) bond motifs is 2. The van der Waals surface area contributed by atoms with Crippen LogP contribution in [0.15, 0.2) is 72.4 Å². The summed E-state index contributed by atoms with van der Waals surface area (Å²) >= 11 is 0. The molecule has 7 nitrogen and oxygen atoms in total. The summed E-state index contributed by atoms with van der Waals surface area (Å²) in [5.41, 5.74) is 6.30. The summed E-state index contributed by atoms with van der Waals surface area (Å²) in [6.07, 6.45) is 5.26. The van der Waals surface area contributed by atoms with Gasteiger partial charge in [0.25, 0.3) is 0 Å². The van der Waals surface area contributed by atoms with Gasteiger partial charge < -0.3 is 24.5 Å². The number of cyclic esters (lactones) is 1. The molecular weight excluding hydrogens is 492 g/mol. The second-order valence-corrected chi connectivity index (χ2v) is 9.89. The number of nitrogens with zero attached hydrogens (tertiary/aromatic N) is 1. The molecule has 0 atom stereocenters. The van der Waals surface area contributed by atoms with E-state index in [1.807, 2.05) is 62.5 Å². The normalized spacial score (nSPS) is 12.9. The van der Waals surface area contributed by atoms with Crippen LogP contribution in [0.3, 0.4) is 0 Å². The number of ether oxygens (including phenoxy) is 2. The fraction of sp³-hybridized carbons (Fsp3) is 0.250. The van der Waals surface area contributed by atoms with Crippen LogP contribution in [0.2, 0.25) is 0 Å². The van der Waals surface area contributed by atoms with Crippen LogP contribution in [-0.2, 0) is 29.1 Å². The molecule has 2 heterocycles. The van der Waals surface area contributed by atoms with E-state index in [4.69, 9.17) is 9.47 Å². The number of anilines is 1. The molecule has 39 heavy (non-hydrogen) atoms. The summed E-state index contributed by atoms with van der Waals surface area (Å²) in [6.45, 7) is 4.71. The Kier molecular flexibility index (Phi) is 7.41. The van der Waals surface area contributed by atoms with E-state index in [-0.39, 0.29) is 23.8 Å². The number of hydrogen-bond acceptors (Lipinski definition) is 5. The molecule has 1 aliphatic rings. The maximum atomic E-state index is 12.8. The van der Waals surface area contributed by atoms with Crippen LogP contribution in [-0.4, -0.2) is 28.7 Å². The molecule has 5 rings (SSSR count). The maximum Gasteiger partial charge on any atom is 0.342 e. The highest BCUT2D eigenvalue weighted by molar-refractivity contribution is 6.01. The zero-order valence-electron chi connectivity index (χ0n) is 22.4. The van der Waals surface area contributed by atoms with Gasteiger partial charge in [0.1, 0.15) is 23.7 Å². The summed E-state index contributed by atoms with van der Waals surface area (Å²) in [5.74, 6) is -0.123. The van der Waals surface area contributed by atoms with Crippen molar-refractivity contribution in [3.63, 3.8) is 0 Å². The van der Waals surface area contributed by atoms with Gasteiger partial charge in [-0.25, -0.2) is 4.79 Å². The number of allylic oxidation sites excluding steroid dienone is 2. The molecule has 200 valence electrons. The summed E-state index contributed by atoms with van der Waals surface area (Å²) in [6, 6.07) is 18.3. The average Bonchev–Trinajstić information content (AvgIpc) is 3.53. The molecule has 4 aromatic rings. The monoisotopic (exact) mass is 524 g/mol. The van der Waals surface area contributed by atoms with Crippen molar-refractivity contribution in [2.75, 3.05) is 12.4 Å². The number of amides is 1. The predicted octanol–water partition coefficient (Wildman–Crippen LogP) is 6.29. The van der Waals surface area contributed by atoms with Crippen LogP contribution in [0.1, 0.15) is 52.4 Å². The molecule has 3 aromatic carbocycles. The zero-order chi connectivity index (χ0) is 27.5. The van der Waals surface area contributed by atoms with E-state index >= 15 is 0 Å². The van der Waals surface area contributed by atoms with Gasteiger partial charge in [0.05, 0.1) is 18.3 Å². The van der Waals surface area contributed by atoms with Crippen molar-refractivity contribution in [1.82, 2.24) is 4.57 Å². The van der Waals surface area contributed by atoms with Crippen molar-refractivity contribution in [3.05, 3.63) is 100 Å². The third kappa shape index (κ3) is 5.25. The first-order valence-electron chi connectivity index (χ1n) is 13.0. The van der Waals surface area contributed by atoms with Crippen LogP contribution < -0.4 is 10.1 Å². The van der Waals surface area contributed by atoms with Gasteiger partial charge in [-0.05, 0) is 56.0 Å². The Morgan fingerprint density at radius 2 is 1.92 bits per heavy atom. The smallest absolute Gasteiger partial charge is 0.342 e. The van der Waals surface area contributed by atoms with E-state index < -0.39 is 5.97 Å². The van der Waals surface area contributed by atoms with Crippen molar-refractivity contribution < 1.29 is 24.2 Å². The summed E-state index contributed by atoms with van der Waals surface area (Å²) < 4.78 is 12.9. The number of hydrogen-bond donors (Lipinski definition) is 2. The van der Waals surface area contributed by atoms with Gasteiger partial charge in [-0.15, -0.1) is 0 Å². The Hall–Kier alpha value is -4.52. The molecule has 1 amide bonds. The molecule has 0 unspecified atom stereocenters. The van der Waals surface area contributed by atoms with Crippen LogP contribution in [0.25, 0.3) is 10.9 Å². The van der Waals surface area contributed by atoms with Crippen LogP contribution >= 0.6 is 0 Å². The predicted molar refractivity (Wildman–Crippen MR) is 151 cm³/mol. The van der Waals surface area contributed by atoms with E-state index in [0.717, 1.165) is 34.3 Å². The number of aromatic hydroxyl groups is 1. The van der Waals surface area contributed by atoms with E-state index in [1.54, 1.807) is 7.11 Å². The van der Waals surface area contributed by atoms with Crippen molar-refractivity contribution >= 4 is 28.5 Å². The lowest BCUT2D eigenvalue weighted by Crippen LogP contribution is -2.11. The minimum atomic E-state index is -0.516. The number of carbonyl (C=O) groups excluding carboxylic acids is 2. The minimum Gasteiger partial charge on any atom is -0.507 e. The third-order valence-corrected chi connectivity index (χ3v) is 7.33. The first-order chi connectivity index (χ1) is 18.9. The lowest BCUT2D eigenvalue weighted by Gasteiger charge is -2.15. The van der Waals surface area contributed by atoms with Gasteiger partial charge in [-0.2, -0.15) is 0 Å². The van der Waals surface area contributed by atoms with Gasteiger partial charge >= 0.3 is 5.97 Å². The van der Waals surface area contributed by atoms with Crippen LogP contribution in [0, 0.1) is 6.92 Å². The molecule has 1 aromatic heterocycles. The quantitative estimate of drug-likeness (QED) is 0.198. The van der Waals surface area contributed by atoms with E-state index in [9.17, 15) is 14.7 Å². The SMILES string of the molecule is COc1c(C)c2c(c(O)c1CC=C(C)CCC(=O)Nc1cccc3c1ccn3Cc1ccccc1)C(=O)OC2. The van der Waals surface area contributed by atoms with Crippen molar-refractivity contribution in [2.24, 2.45) is 0 Å². The molecule has 1 aliphatic heterocycles. The van der Waals surface area contributed by atoms with Crippen molar-refractivity contribution in [3.8, 4) is 11.5 Å². The van der Waals surface area contributed by atoms with Crippen LogP contribution in [0.4, 0.5) is 5.69 Å². The number of aromatic nitrogens is 1. The Labute approximate surface area is 227 Å². The van der Waals surface area contributed by atoms with Gasteiger partial charge in [0, 0.05) is 35.7 Å². The number of phenols is 1. The second-order valence-electron chi connectivity index (χ2n) is 9.89. The van der Waals surface area contributed by atoms with Crippen LogP contribution in [0.5, 0.6) is 11.5 Å². The van der Waals surface area contributed by atoms with Gasteiger partial charge in [-0.1, -0.05) is 48.0 Å². The molecule has 7 heteroatoms. The molecule has 0 bridgehead atoms. The first kappa shape index (κ1) is 26.1. The molecule has 0 aliphatic carbocycles. The highest BCUT2D eigenvalue weighted by atomic mass is 16.5.